The first-order valence-corrected chi connectivity index (χ1v) is 4.70. The van der Waals surface area contributed by atoms with Crippen molar-refractivity contribution in [3.8, 4) is 0 Å². The maximum absolute atomic E-state index is 12.1. The molecule has 1 unspecified atom stereocenters. The molecule has 1 atom stereocenters. The molecular formula is C9H13F3N4. The second-order valence-corrected chi connectivity index (χ2v) is 3.60. The van der Waals surface area contributed by atoms with Crippen molar-refractivity contribution in [2.75, 3.05) is 11.1 Å². The topological polar surface area (TPSA) is 63.8 Å². The van der Waals surface area contributed by atoms with Crippen molar-refractivity contribution in [1.82, 2.24) is 9.97 Å². The summed E-state index contributed by atoms with van der Waals surface area (Å²) in [6, 6.07) is -0.756. The molecule has 0 fully saturated rings. The molecule has 0 aliphatic carbocycles. The molecule has 1 aromatic heterocycles. The Kier molecular flexibility index (Phi) is 3.56. The first-order chi connectivity index (χ1) is 7.29. The lowest BCUT2D eigenvalue weighted by Gasteiger charge is -2.17. The number of aromatic nitrogens is 2. The molecule has 1 heterocycles. The number of alkyl halides is 3. The van der Waals surface area contributed by atoms with Crippen LogP contribution in [0.5, 0.6) is 0 Å². The van der Waals surface area contributed by atoms with Gasteiger partial charge in [0.25, 0.3) is 0 Å². The zero-order valence-corrected chi connectivity index (χ0v) is 8.97. The first-order valence-electron chi connectivity index (χ1n) is 4.70. The van der Waals surface area contributed by atoms with Gasteiger partial charge in [-0.3, -0.25) is 0 Å². The number of hydrogen-bond acceptors (Lipinski definition) is 4. The van der Waals surface area contributed by atoms with Crippen LogP contribution in [0.1, 0.15) is 18.9 Å². The largest absolute Gasteiger partial charge is 0.391 e. The fourth-order valence-electron chi connectivity index (χ4n) is 1.24. The van der Waals surface area contributed by atoms with Gasteiger partial charge in [0.1, 0.15) is 18.0 Å². The summed E-state index contributed by atoms with van der Waals surface area (Å²) in [5.41, 5.74) is 6.06. The van der Waals surface area contributed by atoms with Gasteiger partial charge in [0.2, 0.25) is 0 Å². The molecule has 0 aliphatic heterocycles. The third kappa shape index (κ3) is 3.56. The molecule has 7 heteroatoms. The Labute approximate surface area is 91.1 Å². The fraction of sp³-hybridized carbons (Fsp3) is 0.556. The van der Waals surface area contributed by atoms with Gasteiger partial charge in [0, 0.05) is 11.6 Å². The minimum absolute atomic E-state index is 0.261. The zero-order valence-electron chi connectivity index (χ0n) is 8.97. The second-order valence-electron chi connectivity index (χ2n) is 3.60. The van der Waals surface area contributed by atoms with Crippen LogP contribution in [-0.4, -0.2) is 22.2 Å². The van der Waals surface area contributed by atoms with Gasteiger partial charge in [-0.2, -0.15) is 13.2 Å². The molecule has 0 radical (unpaired) electrons. The third-order valence-corrected chi connectivity index (χ3v) is 2.04. The molecule has 0 saturated heterocycles. The van der Waals surface area contributed by atoms with E-state index >= 15 is 0 Å². The summed E-state index contributed by atoms with van der Waals surface area (Å²) in [6.45, 7) is 3.09. The number of nitrogens with zero attached hydrogens (tertiary/aromatic N) is 2. The Balaban J connectivity index is 2.70. The van der Waals surface area contributed by atoms with Crippen LogP contribution in [-0.2, 0) is 0 Å². The summed E-state index contributed by atoms with van der Waals surface area (Å²) >= 11 is 0. The number of rotatable bonds is 3. The Morgan fingerprint density at radius 3 is 2.62 bits per heavy atom. The highest BCUT2D eigenvalue weighted by Gasteiger charge is 2.30. The standard InChI is InChI=1S/C9H13F3N4/c1-5(3-9(10,11)12)16-8-6(2)7(13)14-4-15-8/h4-5H,3H2,1-2H3,(H3,13,14,15,16). The second kappa shape index (κ2) is 4.54. The molecule has 1 aromatic rings. The van der Waals surface area contributed by atoms with Gasteiger partial charge in [-0.15, -0.1) is 0 Å². The summed E-state index contributed by atoms with van der Waals surface area (Å²) in [4.78, 5) is 7.57. The van der Waals surface area contributed by atoms with Crippen LogP contribution in [0.15, 0.2) is 6.33 Å². The maximum Gasteiger partial charge on any atom is 0.391 e. The molecule has 4 nitrogen and oxygen atoms in total. The molecular weight excluding hydrogens is 221 g/mol. The Bertz CT molecular complexity index is 364. The van der Waals surface area contributed by atoms with Crippen LogP contribution in [0.3, 0.4) is 0 Å². The molecule has 0 saturated carbocycles. The van der Waals surface area contributed by atoms with E-state index < -0.39 is 18.6 Å². The molecule has 0 aliphatic rings. The van der Waals surface area contributed by atoms with E-state index in [1.165, 1.54) is 13.3 Å². The van der Waals surface area contributed by atoms with Crippen LogP contribution in [0.2, 0.25) is 0 Å². The van der Waals surface area contributed by atoms with Crippen molar-refractivity contribution in [2.45, 2.75) is 32.5 Å². The third-order valence-electron chi connectivity index (χ3n) is 2.04. The van der Waals surface area contributed by atoms with Gasteiger partial charge in [-0.1, -0.05) is 0 Å². The molecule has 3 N–H and O–H groups in total. The summed E-state index contributed by atoms with van der Waals surface area (Å²) in [7, 11) is 0. The zero-order chi connectivity index (χ0) is 12.3. The summed E-state index contributed by atoms with van der Waals surface area (Å²) < 4.78 is 36.3. The van der Waals surface area contributed by atoms with Crippen molar-refractivity contribution < 1.29 is 13.2 Å². The monoisotopic (exact) mass is 234 g/mol. The summed E-state index contributed by atoms with van der Waals surface area (Å²) in [5, 5.41) is 2.66. The van der Waals surface area contributed by atoms with Gasteiger partial charge in [-0.05, 0) is 13.8 Å². The molecule has 0 aromatic carbocycles. The van der Waals surface area contributed by atoms with E-state index in [-0.39, 0.29) is 5.82 Å². The highest BCUT2D eigenvalue weighted by atomic mass is 19.4. The number of nitrogens with one attached hydrogen (secondary N) is 1. The quantitative estimate of drug-likeness (QED) is 0.840. The molecule has 16 heavy (non-hydrogen) atoms. The summed E-state index contributed by atoms with van der Waals surface area (Å²) in [5.74, 6) is 0.598. The van der Waals surface area contributed by atoms with Gasteiger partial charge in [0.15, 0.2) is 0 Å². The maximum atomic E-state index is 12.1. The predicted molar refractivity (Wildman–Crippen MR) is 54.9 cm³/mol. The van der Waals surface area contributed by atoms with Crippen molar-refractivity contribution in [2.24, 2.45) is 0 Å². The van der Waals surface area contributed by atoms with Crippen molar-refractivity contribution in [3.05, 3.63) is 11.9 Å². The van der Waals surface area contributed by atoms with Gasteiger partial charge in [0.05, 0.1) is 6.42 Å². The van der Waals surface area contributed by atoms with Gasteiger partial charge < -0.3 is 11.1 Å². The normalized spacial score (nSPS) is 13.6. The van der Waals surface area contributed by atoms with Crippen LogP contribution >= 0.6 is 0 Å². The number of anilines is 2. The van der Waals surface area contributed by atoms with Crippen LogP contribution < -0.4 is 11.1 Å². The number of nitrogens with two attached hydrogens (primary N) is 1. The van der Waals surface area contributed by atoms with E-state index in [2.05, 4.69) is 15.3 Å². The van der Waals surface area contributed by atoms with Crippen molar-refractivity contribution in [1.29, 1.82) is 0 Å². The highest BCUT2D eigenvalue weighted by molar-refractivity contribution is 5.54. The molecule has 0 bridgehead atoms. The van der Waals surface area contributed by atoms with E-state index in [1.807, 2.05) is 0 Å². The molecule has 0 amide bonds. The molecule has 0 spiro atoms. The smallest absolute Gasteiger partial charge is 0.383 e. The lowest BCUT2D eigenvalue weighted by Crippen LogP contribution is -2.24. The van der Waals surface area contributed by atoms with E-state index in [9.17, 15) is 13.2 Å². The Morgan fingerprint density at radius 1 is 1.44 bits per heavy atom. The average molecular weight is 234 g/mol. The number of hydrogen-bond donors (Lipinski definition) is 2. The van der Waals surface area contributed by atoms with Gasteiger partial charge in [-0.25, -0.2) is 9.97 Å². The van der Waals surface area contributed by atoms with Crippen LogP contribution in [0.25, 0.3) is 0 Å². The summed E-state index contributed by atoms with van der Waals surface area (Å²) in [6.07, 6.45) is -3.90. The van der Waals surface area contributed by atoms with E-state index in [0.29, 0.717) is 11.4 Å². The Morgan fingerprint density at radius 2 is 2.06 bits per heavy atom. The minimum atomic E-state index is -4.20. The molecule has 1 rings (SSSR count). The van der Waals surface area contributed by atoms with Crippen LogP contribution in [0, 0.1) is 6.92 Å². The first kappa shape index (κ1) is 12.5. The van der Waals surface area contributed by atoms with E-state index in [0.717, 1.165) is 0 Å². The highest BCUT2D eigenvalue weighted by Crippen LogP contribution is 2.24. The number of nitrogen functional groups attached to an aromatic ring is 1. The minimum Gasteiger partial charge on any atom is -0.383 e. The van der Waals surface area contributed by atoms with Crippen LogP contribution in [0.4, 0.5) is 24.8 Å². The van der Waals surface area contributed by atoms with Gasteiger partial charge >= 0.3 is 6.18 Å². The van der Waals surface area contributed by atoms with Crippen molar-refractivity contribution >= 4 is 11.6 Å². The predicted octanol–water partition coefficient (Wildman–Crippen LogP) is 2.12. The Hall–Kier alpha value is -1.53. The lowest BCUT2D eigenvalue weighted by atomic mass is 10.2. The molecule has 90 valence electrons. The average Bonchev–Trinajstić information content (AvgIpc) is 2.09. The number of halogens is 3. The van der Waals surface area contributed by atoms with Crippen molar-refractivity contribution in [3.63, 3.8) is 0 Å². The van der Waals surface area contributed by atoms with E-state index in [1.54, 1.807) is 6.92 Å². The van der Waals surface area contributed by atoms with E-state index in [4.69, 9.17) is 5.73 Å². The SMILES string of the molecule is Cc1c(N)ncnc1NC(C)CC(F)(F)F. The lowest BCUT2D eigenvalue weighted by molar-refractivity contribution is -0.136. The fourth-order valence-corrected chi connectivity index (χ4v) is 1.24.